The maximum Gasteiger partial charge on any atom is 0.251 e. The summed E-state index contributed by atoms with van der Waals surface area (Å²) in [7, 11) is 0. The first kappa shape index (κ1) is 19.9. The lowest BCUT2D eigenvalue weighted by molar-refractivity contribution is -0.146. The lowest BCUT2D eigenvalue weighted by Gasteiger charge is -2.38. The minimum Gasteiger partial charge on any atom is -0.368 e. The number of ether oxygens (including phenoxy) is 1. The third kappa shape index (κ3) is 4.01. The molecule has 0 N–H and O–H groups in total. The van der Waals surface area contributed by atoms with Crippen molar-refractivity contribution in [2.45, 2.75) is 51.2 Å². The van der Waals surface area contributed by atoms with Crippen molar-refractivity contribution in [1.29, 1.82) is 0 Å². The number of hydrogen-bond donors (Lipinski definition) is 0. The summed E-state index contributed by atoms with van der Waals surface area (Å²) in [6, 6.07) is 7.30. The smallest absolute Gasteiger partial charge is 0.251 e. The number of piperazine rings is 1. The molecule has 7 nitrogen and oxygen atoms in total. The number of hydrogen-bond acceptors (Lipinski definition) is 4. The molecule has 2 saturated heterocycles. The van der Waals surface area contributed by atoms with Gasteiger partial charge in [0.1, 0.15) is 12.1 Å². The Bertz CT molecular complexity index is 782. The Kier molecular flexibility index (Phi) is 5.85. The molecule has 3 aliphatic heterocycles. The normalized spacial score (nSPS) is 23.6. The summed E-state index contributed by atoms with van der Waals surface area (Å²) in [6.45, 7) is 4.48. The molecule has 29 heavy (non-hydrogen) atoms. The molecule has 4 rings (SSSR count). The van der Waals surface area contributed by atoms with Crippen LogP contribution >= 0.6 is 0 Å². The molecule has 1 aromatic rings. The minimum absolute atomic E-state index is 0.00277. The highest BCUT2D eigenvalue weighted by atomic mass is 16.5. The highest BCUT2D eigenvalue weighted by Gasteiger charge is 2.36. The molecule has 156 valence electrons. The van der Waals surface area contributed by atoms with Gasteiger partial charge in [0.2, 0.25) is 11.8 Å². The van der Waals surface area contributed by atoms with E-state index in [4.69, 9.17) is 4.74 Å². The lowest BCUT2D eigenvalue weighted by Crippen LogP contribution is -2.57. The van der Waals surface area contributed by atoms with Crippen LogP contribution in [0.15, 0.2) is 24.3 Å². The summed E-state index contributed by atoms with van der Waals surface area (Å²) < 4.78 is 5.50. The van der Waals surface area contributed by atoms with Crippen molar-refractivity contribution in [3.63, 3.8) is 0 Å². The number of carbonyl (C=O) groups excluding carboxylic acids is 3. The fourth-order valence-corrected chi connectivity index (χ4v) is 4.56. The van der Waals surface area contributed by atoms with E-state index in [1.807, 2.05) is 31.2 Å². The molecule has 0 bridgehead atoms. The van der Waals surface area contributed by atoms with Gasteiger partial charge in [-0.3, -0.25) is 19.3 Å². The summed E-state index contributed by atoms with van der Waals surface area (Å²) in [6.07, 6.45) is 3.50. The van der Waals surface area contributed by atoms with Crippen LogP contribution in [0.1, 0.15) is 38.2 Å². The molecule has 0 saturated carbocycles. The Morgan fingerprint density at radius 2 is 1.76 bits per heavy atom. The monoisotopic (exact) mass is 399 g/mol. The molecule has 7 heteroatoms. The van der Waals surface area contributed by atoms with Gasteiger partial charge in [0.05, 0.1) is 0 Å². The number of anilines is 1. The Morgan fingerprint density at radius 1 is 1.03 bits per heavy atom. The van der Waals surface area contributed by atoms with Gasteiger partial charge in [-0.2, -0.15) is 0 Å². The molecule has 0 spiro atoms. The van der Waals surface area contributed by atoms with Crippen LogP contribution in [0.5, 0.6) is 0 Å². The second-order valence-corrected chi connectivity index (χ2v) is 8.07. The predicted molar refractivity (Wildman–Crippen MR) is 108 cm³/mol. The number of nitrogens with zero attached hydrogens (tertiary/aromatic N) is 3. The van der Waals surface area contributed by atoms with E-state index in [2.05, 4.69) is 0 Å². The maximum absolute atomic E-state index is 13.2. The number of fused-ring (bicyclic) bond motifs is 1. The van der Waals surface area contributed by atoms with Gasteiger partial charge in [-0.1, -0.05) is 18.2 Å². The van der Waals surface area contributed by atoms with Gasteiger partial charge in [-0.15, -0.1) is 0 Å². The number of carbonyl (C=O) groups is 3. The van der Waals surface area contributed by atoms with Crippen LogP contribution in [0.2, 0.25) is 0 Å². The Hall–Kier alpha value is -2.41. The fourth-order valence-electron chi connectivity index (χ4n) is 4.56. The first-order chi connectivity index (χ1) is 14.1. The fraction of sp³-hybridized carbons (Fsp3) is 0.591. The van der Waals surface area contributed by atoms with Gasteiger partial charge in [0, 0.05) is 44.9 Å². The van der Waals surface area contributed by atoms with Crippen molar-refractivity contribution in [3.05, 3.63) is 29.8 Å². The van der Waals surface area contributed by atoms with Crippen LogP contribution in [0, 0.1) is 0 Å². The van der Waals surface area contributed by atoms with Gasteiger partial charge in [0.15, 0.2) is 0 Å². The summed E-state index contributed by atoms with van der Waals surface area (Å²) in [5, 5.41) is 0. The number of aryl methyl sites for hydroxylation is 1. The van der Waals surface area contributed by atoms with Crippen molar-refractivity contribution in [1.82, 2.24) is 9.80 Å². The Labute approximate surface area is 171 Å². The van der Waals surface area contributed by atoms with E-state index in [1.165, 1.54) is 0 Å². The van der Waals surface area contributed by atoms with Crippen molar-refractivity contribution >= 4 is 23.4 Å². The molecule has 0 unspecified atom stereocenters. The van der Waals surface area contributed by atoms with Crippen molar-refractivity contribution in [3.8, 4) is 0 Å². The molecular weight excluding hydrogens is 370 g/mol. The SMILES string of the molecule is C[C@@H](C(=O)N1CCN(C(=O)[C@H]2CCCO2)CC1)N1C(=O)CCCc2ccccc21. The standard InChI is InChI=1S/C22H29N3O4/c1-16(25-18-8-3-2-6-17(18)7-4-10-20(25)26)21(27)23-11-13-24(14-12-23)22(28)19-9-5-15-29-19/h2-3,6,8,16,19H,4-5,7,9-15H2,1H3/t16-,19+/m0/s1. The third-order valence-electron chi connectivity index (χ3n) is 6.21. The lowest BCUT2D eigenvalue weighted by atomic mass is 10.1. The number of rotatable bonds is 3. The zero-order chi connectivity index (χ0) is 20.4. The van der Waals surface area contributed by atoms with Gasteiger partial charge in [0.25, 0.3) is 5.91 Å². The van der Waals surface area contributed by atoms with Crippen LogP contribution in [0.25, 0.3) is 0 Å². The van der Waals surface area contributed by atoms with Crippen LogP contribution in [0.3, 0.4) is 0 Å². The summed E-state index contributed by atoms with van der Waals surface area (Å²) in [4.78, 5) is 43.8. The minimum atomic E-state index is -0.554. The zero-order valence-corrected chi connectivity index (χ0v) is 17.0. The van der Waals surface area contributed by atoms with E-state index in [-0.39, 0.29) is 23.8 Å². The van der Waals surface area contributed by atoms with Gasteiger partial charge in [-0.05, 0) is 44.2 Å². The third-order valence-corrected chi connectivity index (χ3v) is 6.21. The van der Waals surface area contributed by atoms with Crippen molar-refractivity contribution in [2.75, 3.05) is 37.7 Å². The zero-order valence-electron chi connectivity index (χ0n) is 17.0. The quantitative estimate of drug-likeness (QED) is 0.774. The van der Waals surface area contributed by atoms with Gasteiger partial charge >= 0.3 is 0 Å². The molecular formula is C22H29N3O4. The van der Waals surface area contributed by atoms with E-state index >= 15 is 0 Å². The van der Waals surface area contributed by atoms with Crippen LogP contribution in [0.4, 0.5) is 5.69 Å². The van der Waals surface area contributed by atoms with Gasteiger partial charge in [-0.25, -0.2) is 0 Å². The highest BCUT2D eigenvalue weighted by molar-refractivity contribution is 6.01. The van der Waals surface area contributed by atoms with E-state index in [1.54, 1.807) is 14.7 Å². The Morgan fingerprint density at radius 3 is 2.48 bits per heavy atom. The molecule has 0 aliphatic carbocycles. The van der Waals surface area contributed by atoms with Crippen molar-refractivity contribution < 1.29 is 19.1 Å². The van der Waals surface area contributed by atoms with E-state index in [0.717, 1.165) is 36.9 Å². The van der Waals surface area contributed by atoms with Crippen LogP contribution in [-0.4, -0.2) is 72.5 Å². The van der Waals surface area contributed by atoms with Crippen LogP contribution in [-0.2, 0) is 25.5 Å². The molecule has 1 aromatic carbocycles. The summed E-state index contributed by atoms with van der Waals surface area (Å²) in [5.74, 6) is -0.0125. The number of amides is 3. The predicted octanol–water partition coefficient (Wildman–Crippen LogP) is 1.59. The average Bonchev–Trinajstić information content (AvgIpc) is 3.23. The van der Waals surface area contributed by atoms with E-state index in [0.29, 0.717) is 39.2 Å². The van der Waals surface area contributed by atoms with E-state index < -0.39 is 6.04 Å². The maximum atomic E-state index is 13.2. The summed E-state index contributed by atoms with van der Waals surface area (Å²) in [5.41, 5.74) is 1.97. The van der Waals surface area contributed by atoms with Gasteiger partial charge < -0.3 is 14.5 Å². The second kappa shape index (κ2) is 8.53. The molecule has 0 radical (unpaired) electrons. The number of benzene rings is 1. The van der Waals surface area contributed by atoms with Crippen molar-refractivity contribution in [2.24, 2.45) is 0 Å². The number of para-hydroxylation sites is 1. The molecule has 2 atom stereocenters. The molecule has 2 fully saturated rings. The Balaban J connectivity index is 1.42. The second-order valence-electron chi connectivity index (χ2n) is 8.07. The average molecular weight is 399 g/mol. The summed E-state index contributed by atoms with van der Waals surface area (Å²) >= 11 is 0. The van der Waals surface area contributed by atoms with Crippen LogP contribution < -0.4 is 4.90 Å². The molecule has 0 aromatic heterocycles. The molecule has 3 amide bonds. The topological polar surface area (TPSA) is 70.2 Å². The molecule has 3 aliphatic rings. The highest BCUT2D eigenvalue weighted by Crippen LogP contribution is 2.29. The first-order valence-corrected chi connectivity index (χ1v) is 10.7. The largest absolute Gasteiger partial charge is 0.368 e. The molecule has 3 heterocycles. The van der Waals surface area contributed by atoms with E-state index in [9.17, 15) is 14.4 Å². The first-order valence-electron chi connectivity index (χ1n) is 10.7.